The summed E-state index contributed by atoms with van der Waals surface area (Å²) in [7, 11) is -3.62. The highest BCUT2D eigenvalue weighted by Gasteiger charge is 2.20. The minimum Gasteiger partial charge on any atom is -0.377 e. The van der Waals surface area contributed by atoms with Crippen molar-refractivity contribution >= 4 is 37.5 Å². The molecule has 8 heteroatoms. The van der Waals surface area contributed by atoms with Crippen molar-refractivity contribution in [3.05, 3.63) is 58.6 Å². The van der Waals surface area contributed by atoms with Crippen LogP contribution in [0.4, 0.5) is 5.69 Å². The number of nitrogens with one attached hydrogen (secondary N) is 2. The molecular weight excluding hydrogens is 420 g/mol. The topological polar surface area (TPSA) is 84.5 Å². The summed E-state index contributed by atoms with van der Waals surface area (Å²) in [6.07, 6.45) is 1.74. The molecule has 0 saturated carbocycles. The van der Waals surface area contributed by atoms with E-state index in [0.717, 1.165) is 17.3 Å². The third-order valence-corrected chi connectivity index (χ3v) is 5.97. The maximum atomic E-state index is 12.3. The van der Waals surface area contributed by atoms with E-state index in [-0.39, 0.29) is 23.5 Å². The lowest BCUT2D eigenvalue weighted by molar-refractivity contribution is 0.102. The number of benzene rings is 2. The zero-order chi connectivity index (χ0) is 18.6. The predicted molar refractivity (Wildman–Crippen MR) is 103 cm³/mol. The highest BCUT2D eigenvalue weighted by Crippen LogP contribution is 2.18. The number of halogens is 1. The summed E-state index contributed by atoms with van der Waals surface area (Å²) >= 11 is 3.34. The quantitative estimate of drug-likeness (QED) is 0.725. The lowest BCUT2D eigenvalue weighted by Gasteiger charge is -2.12. The van der Waals surface area contributed by atoms with E-state index in [4.69, 9.17) is 4.74 Å². The highest BCUT2D eigenvalue weighted by atomic mass is 79.9. The Balaban J connectivity index is 1.64. The summed E-state index contributed by atoms with van der Waals surface area (Å²) in [5.41, 5.74) is 1.03. The Morgan fingerprint density at radius 1 is 1.19 bits per heavy atom. The van der Waals surface area contributed by atoms with Gasteiger partial charge in [0, 0.05) is 28.9 Å². The SMILES string of the molecule is O=C(Nc1cccc(Br)c1)c1ccc(S(=O)(=O)NC[C@H]2CCCO2)cc1. The fourth-order valence-corrected chi connectivity index (χ4v) is 4.11. The van der Waals surface area contributed by atoms with Gasteiger partial charge in [0.1, 0.15) is 0 Å². The molecule has 1 saturated heterocycles. The average Bonchev–Trinajstić information content (AvgIpc) is 3.14. The molecule has 0 radical (unpaired) electrons. The lowest BCUT2D eigenvalue weighted by atomic mass is 10.2. The summed E-state index contributed by atoms with van der Waals surface area (Å²) < 4.78 is 33.5. The molecule has 1 heterocycles. The molecule has 0 spiro atoms. The molecular formula is C18H19BrN2O4S. The Bertz CT molecular complexity index is 878. The Morgan fingerprint density at radius 2 is 1.96 bits per heavy atom. The van der Waals surface area contributed by atoms with E-state index in [9.17, 15) is 13.2 Å². The highest BCUT2D eigenvalue weighted by molar-refractivity contribution is 9.10. The number of sulfonamides is 1. The van der Waals surface area contributed by atoms with Crippen LogP contribution in [0.3, 0.4) is 0 Å². The molecule has 2 aromatic carbocycles. The van der Waals surface area contributed by atoms with Gasteiger partial charge >= 0.3 is 0 Å². The van der Waals surface area contributed by atoms with Gasteiger partial charge in [0.15, 0.2) is 0 Å². The minimum absolute atomic E-state index is 0.0694. The summed E-state index contributed by atoms with van der Waals surface area (Å²) in [4.78, 5) is 12.4. The van der Waals surface area contributed by atoms with Gasteiger partial charge < -0.3 is 10.1 Å². The molecule has 0 aromatic heterocycles. The van der Waals surface area contributed by atoms with E-state index in [1.165, 1.54) is 24.3 Å². The molecule has 1 amide bonds. The van der Waals surface area contributed by atoms with Crippen LogP contribution in [0.25, 0.3) is 0 Å². The van der Waals surface area contributed by atoms with E-state index < -0.39 is 10.0 Å². The first-order chi connectivity index (χ1) is 12.4. The van der Waals surface area contributed by atoms with Crippen molar-refractivity contribution in [3.8, 4) is 0 Å². The molecule has 2 N–H and O–H groups in total. The van der Waals surface area contributed by atoms with Crippen molar-refractivity contribution < 1.29 is 17.9 Å². The van der Waals surface area contributed by atoms with Crippen molar-refractivity contribution in [1.29, 1.82) is 0 Å². The second-order valence-electron chi connectivity index (χ2n) is 5.98. The molecule has 1 aliphatic rings. The number of hydrogen-bond donors (Lipinski definition) is 2. The van der Waals surface area contributed by atoms with Crippen molar-refractivity contribution in [1.82, 2.24) is 4.72 Å². The van der Waals surface area contributed by atoms with Gasteiger partial charge in [0.05, 0.1) is 11.0 Å². The van der Waals surface area contributed by atoms with Crippen molar-refractivity contribution in [2.24, 2.45) is 0 Å². The van der Waals surface area contributed by atoms with E-state index in [1.807, 2.05) is 12.1 Å². The van der Waals surface area contributed by atoms with Crippen molar-refractivity contribution in [3.63, 3.8) is 0 Å². The van der Waals surface area contributed by atoms with Gasteiger partial charge in [0.25, 0.3) is 5.91 Å². The number of carbonyl (C=O) groups is 1. The molecule has 0 unspecified atom stereocenters. The van der Waals surface area contributed by atoms with Gasteiger partial charge in [-0.25, -0.2) is 13.1 Å². The number of carbonyl (C=O) groups excluding carboxylic acids is 1. The zero-order valence-electron chi connectivity index (χ0n) is 13.9. The third kappa shape index (κ3) is 4.91. The number of ether oxygens (including phenoxy) is 1. The molecule has 1 atom stereocenters. The van der Waals surface area contributed by atoms with Crippen LogP contribution < -0.4 is 10.0 Å². The fraction of sp³-hybridized carbons (Fsp3) is 0.278. The van der Waals surface area contributed by atoms with E-state index in [1.54, 1.807) is 12.1 Å². The fourth-order valence-electron chi connectivity index (χ4n) is 2.65. The first-order valence-corrected chi connectivity index (χ1v) is 10.5. The molecule has 6 nitrogen and oxygen atoms in total. The van der Waals surface area contributed by atoms with E-state index in [0.29, 0.717) is 17.9 Å². The number of anilines is 1. The van der Waals surface area contributed by atoms with Gasteiger partial charge in [0.2, 0.25) is 10.0 Å². The minimum atomic E-state index is -3.62. The van der Waals surface area contributed by atoms with Gasteiger partial charge in [-0.2, -0.15) is 0 Å². The van der Waals surface area contributed by atoms with Gasteiger partial charge in [-0.15, -0.1) is 0 Å². The molecule has 26 heavy (non-hydrogen) atoms. The van der Waals surface area contributed by atoms with Crippen LogP contribution >= 0.6 is 15.9 Å². The summed E-state index contributed by atoms with van der Waals surface area (Å²) in [5, 5.41) is 2.77. The average molecular weight is 439 g/mol. The van der Waals surface area contributed by atoms with Gasteiger partial charge in [-0.05, 0) is 55.3 Å². The van der Waals surface area contributed by atoms with Crippen LogP contribution in [0.1, 0.15) is 23.2 Å². The first-order valence-electron chi connectivity index (χ1n) is 8.22. The molecule has 0 bridgehead atoms. The van der Waals surface area contributed by atoms with Crippen LogP contribution in [0.15, 0.2) is 57.9 Å². The second-order valence-corrected chi connectivity index (χ2v) is 8.66. The third-order valence-electron chi connectivity index (χ3n) is 4.03. The standard InChI is InChI=1S/C18H19BrN2O4S/c19-14-3-1-4-15(11-14)21-18(22)13-6-8-17(9-7-13)26(23,24)20-12-16-5-2-10-25-16/h1,3-4,6-9,11,16,20H,2,5,10,12H2,(H,21,22)/t16-/m1/s1. The van der Waals surface area contributed by atoms with Crippen LogP contribution in [0.2, 0.25) is 0 Å². The number of rotatable bonds is 6. The number of amides is 1. The van der Waals surface area contributed by atoms with Crippen LogP contribution in [-0.4, -0.2) is 33.6 Å². The summed E-state index contributed by atoms with van der Waals surface area (Å²) in [6.45, 7) is 0.932. The Labute approximate surface area is 161 Å². The molecule has 0 aliphatic carbocycles. The molecule has 1 aliphatic heterocycles. The zero-order valence-corrected chi connectivity index (χ0v) is 16.3. The summed E-state index contributed by atoms with van der Waals surface area (Å²) in [6, 6.07) is 13.1. The predicted octanol–water partition coefficient (Wildman–Crippen LogP) is 3.16. The normalized spacial score (nSPS) is 17.2. The summed E-state index contributed by atoms with van der Waals surface area (Å²) in [5.74, 6) is -0.306. The Hall–Kier alpha value is -1.74. The van der Waals surface area contributed by atoms with Gasteiger partial charge in [-0.3, -0.25) is 4.79 Å². The van der Waals surface area contributed by atoms with Crippen LogP contribution in [0, 0.1) is 0 Å². The largest absolute Gasteiger partial charge is 0.377 e. The second kappa shape index (κ2) is 8.30. The monoisotopic (exact) mass is 438 g/mol. The van der Waals surface area contributed by atoms with Crippen molar-refractivity contribution in [2.75, 3.05) is 18.5 Å². The van der Waals surface area contributed by atoms with Crippen LogP contribution in [0.5, 0.6) is 0 Å². The van der Waals surface area contributed by atoms with Gasteiger partial charge in [-0.1, -0.05) is 22.0 Å². The molecule has 1 fully saturated rings. The van der Waals surface area contributed by atoms with E-state index in [2.05, 4.69) is 26.0 Å². The van der Waals surface area contributed by atoms with Crippen LogP contribution in [-0.2, 0) is 14.8 Å². The molecule has 2 aromatic rings. The van der Waals surface area contributed by atoms with Crippen molar-refractivity contribution in [2.45, 2.75) is 23.8 Å². The lowest BCUT2D eigenvalue weighted by Crippen LogP contribution is -2.31. The maximum Gasteiger partial charge on any atom is 0.255 e. The molecule has 3 rings (SSSR count). The van der Waals surface area contributed by atoms with E-state index >= 15 is 0 Å². The smallest absolute Gasteiger partial charge is 0.255 e. The number of hydrogen-bond acceptors (Lipinski definition) is 4. The first kappa shape index (κ1) is 19.0. The maximum absolute atomic E-state index is 12.3. The Kier molecular flexibility index (Phi) is 6.08. The Morgan fingerprint density at radius 3 is 2.62 bits per heavy atom. The molecule has 138 valence electrons.